The molecule has 3 aromatic carbocycles. The Hall–Kier alpha value is -4.25. The number of unbranched alkanes of at least 4 members (excludes halogenated alkanes) is 1. The minimum Gasteiger partial charge on any atom is -0.497 e. The predicted molar refractivity (Wildman–Crippen MR) is 166 cm³/mol. The van der Waals surface area contributed by atoms with Crippen molar-refractivity contribution in [1.82, 2.24) is 10.2 Å². The van der Waals surface area contributed by atoms with Gasteiger partial charge in [-0.15, -0.1) is 0 Å². The number of carbonyl (C=O) groups is 2. The largest absolute Gasteiger partial charge is 0.497 e. The number of hydrogen-bond acceptors (Lipinski definition) is 7. The first-order valence-corrected chi connectivity index (χ1v) is 15.5. The van der Waals surface area contributed by atoms with E-state index in [1.54, 1.807) is 62.6 Å². The van der Waals surface area contributed by atoms with Gasteiger partial charge in [0.15, 0.2) is 11.5 Å². The maximum Gasteiger partial charge on any atom is 0.264 e. The van der Waals surface area contributed by atoms with Crippen LogP contribution in [0, 0.1) is 6.92 Å². The van der Waals surface area contributed by atoms with Crippen molar-refractivity contribution in [3.8, 4) is 17.2 Å². The normalized spacial score (nSPS) is 11.8. The van der Waals surface area contributed by atoms with Crippen molar-refractivity contribution in [3.63, 3.8) is 0 Å². The molecule has 1 N–H and O–H groups in total. The number of nitrogens with zero attached hydrogens (tertiary/aromatic N) is 2. The van der Waals surface area contributed by atoms with Crippen LogP contribution in [-0.4, -0.2) is 65.6 Å². The van der Waals surface area contributed by atoms with Crippen molar-refractivity contribution in [2.45, 2.75) is 51.1 Å². The van der Waals surface area contributed by atoms with Gasteiger partial charge in [0, 0.05) is 19.2 Å². The Morgan fingerprint density at radius 3 is 2.12 bits per heavy atom. The third-order valence-corrected chi connectivity index (χ3v) is 8.84. The molecule has 3 aromatic rings. The molecule has 232 valence electrons. The molecule has 0 aliphatic rings. The van der Waals surface area contributed by atoms with Gasteiger partial charge in [0.2, 0.25) is 11.8 Å². The summed E-state index contributed by atoms with van der Waals surface area (Å²) in [6.45, 7) is 5.51. The number of amides is 2. The van der Waals surface area contributed by atoms with Gasteiger partial charge >= 0.3 is 0 Å². The van der Waals surface area contributed by atoms with Crippen LogP contribution in [-0.2, 0) is 26.2 Å². The lowest BCUT2D eigenvalue weighted by atomic mass is 10.1. The molecule has 1 atom stereocenters. The molecule has 0 aliphatic heterocycles. The van der Waals surface area contributed by atoms with E-state index in [-0.39, 0.29) is 23.0 Å². The zero-order valence-electron chi connectivity index (χ0n) is 25.6. The number of ether oxygens (including phenoxy) is 3. The fourth-order valence-corrected chi connectivity index (χ4v) is 5.80. The van der Waals surface area contributed by atoms with Crippen LogP contribution in [0.5, 0.6) is 17.2 Å². The number of methoxy groups -OCH3 is 3. The Balaban J connectivity index is 2.05. The summed E-state index contributed by atoms with van der Waals surface area (Å²) in [7, 11) is 0.267. The number of carbonyl (C=O) groups excluding carboxylic acids is 2. The summed E-state index contributed by atoms with van der Waals surface area (Å²) >= 11 is 0. The maximum atomic E-state index is 14.1. The summed E-state index contributed by atoms with van der Waals surface area (Å²) < 4.78 is 45.1. The monoisotopic (exact) mass is 611 g/mol. The van der Waals surface area contributed by atoms with Crippen LogP contribution in [0.2, 0.25) is 0 Å². The van der Waals surface area contributed by atoms with Gasteiger partial charge in [-0.2, -0.15) is 0 Å². The van der Waals surface area contributed by atoms with Crippen molar-refractivity contribution in [3.05, 3.63) is 77.9 Å². The Morgan fingerprint density at radius 2 is 1.53 bits per heavy atom. The van der Waals surface area contributed by atoms with Gasteiger partial charge in [0.1, 0.15) is 18.3 Å². The van der Waals surface area contributed by atoms with Gasteiger partial charge in [-0.05, 0) is 62.2 Å². The first-order chi connectivity index (χ1) is 20.5. The Morgan fingerprint density at radius 1 is 0.884 bits per heavy atom. The lowest BCUT2D eigenvalue weighted by Gasteiger charge is -2.32. The lowest BCUT2D eigenvalue weighted by molar-refractivity contribution is -0.139. The second-order valence-electron chi connectivity index (χ2n) is 10.1. The average molecular weight is 612 g/mol. The summed E-state index contributed by atoms with van der Waals surface area (Å²) in [5, 5.41) is 2.88. The van der Waals surface area contributed by atoms with Gasteiger partial charge in [-0.1, -0.05) is 43.2 Å². The highest BCUT2D eigenvalue weighted by Crippen LogP contribution is 2.34. The molecule has 0 aliphatic carbocycles. The fourth-order valence-electron chi connectivity index (χ4n) is 4.39. The fraction of sp³-hybridized carbons (Fsp3) is 0.375. The minimum atomic E-state index is -4.22. The molecule has 0 unspecified atom stereocenters. The molecule has 10 nitrogen and oxygen atoms in total. The molecule has 0 heterocycles. The molecule has 0 saturated heterocycles. The van der Waals surface area contributed by atoms with E-state index < -0.39 is 28.5 Å². The summed E-state index contributed by atoms with van der Waals surface area (Å²) in [4.78, 5) is 28.6. The van der Waals surface area contributed by atoms with E-state index in [0.29, 0.717) is 23.8 Å². The SMILES string of the molecule is CCCCNC(=O)[C@H](C)N(Cc1ccc(OC)cc1)C(=O)CN(c1ccc(OC)c(OC)c1)S(=O)(=O)c1ccc(C)cc1. The highest BCUT2D eigenvalue weighted by Gasteiger charge is 2.33. The number of benzene rings is 3. The van der Waals surface area contributed by atoms with E-state index >= 15 is 0 Å². The molecule has 0 spiro atoms. The number of rotatable bonds is 15. The van der Waals surface area contributed by atoms with E-state index in [9.17, 15) is 18.0 Å². The summed E-state index contributed by atoms with van der Waals surface area (Å²) in [6, 6.07) is 17.3. The highest BCUT2D eigenvalue weighted by molar-refractivity contribution is 7.92. The number of anilines is 1. The molecule has 0 aromatic heterocycles. The van der Waals surface area contributed by atoms with Crippen LogP contribution in [0.25, 0.3) is 0 Å². The first-order valence-electron chi connectivity index (χ1n) is 14.1. The molecule has 0 radical (unpaired) electrons. The molecule has 0 bridgehead atoms. The summed E-state index contributed by atoms with van der Waals surface area (Å²) in [5.74, 6) is 0.476. The number of hydrogen-bond donors (Lipinski definition) is 1. The van der Waals surface area contributed by atoms with Crippen LogP contribution >= 0.6 is 0 Å². The number of sulfonamides is 1. The van der Waals surface area contributed by atoms with Gasteiger partial charge in [-0.3, -0.25) is 13.9 Å². The van der Waals surface area contributed by atoms with E-state index in [4.69, 9.17) is 14.2 Å². The second-order valence-corrected chi connectivity index (χ2v) is 11.9. The molecule has 3 rings (SSSR count). The van der Waals surface area contributed by atoms with Crippen molar-refractivity contribution in [2.75, 3.05) is 38.7 Å². The summed E-state index contributed by atoms with van der Waals surface area (Å²) in [6.07, 6.45) is 1.70. The topological polar surface area (TPSA) is 114 Å². The van der Waals surface area contributed by atoms with Gasteiger partial charge in [0.05, 0.1) is 31.9 Å². The lowest BCUT2D eigenvalue weighted by Crippen LogP contribution is -2.51. The zero-order chi connectivity index (χ0) is 31.6. The van der Waals surface area contributed by atoms with Gasteiger partial charge in [0.25, 0.3) is 10.0 Å². The minimum absolute atomic E-state index is 0.0211. The predicted octanol–water partition coefficient (Wildman–Crippen LogP) is 4.55. The molecular weight excluding hydrogens is 570 g/mol. The molecule has 43 heavy (non-hydrogen) atoms. The van der Waals surface area contributed by atoms with E-state index in [1.807, 2.05) is 13.8 Å². The molecular formula is C32H41N3O7S. The number of nitrogens with one attached hydrogen (secondary N) is 1. The Labute approximate surface area is 254 Å². The van der Waals surface area contributed by atoms with Crippen molar-refractivity contribution in [2.24, 2.45) is 0 Å². The average Bonchev–Trinajstić information content (AvgIpc) is 3.02. The van der Waals surface area contributed by atoms with E-state index in [2.05, 4.69) is 5.32 Å². The van der Waals surface area contributed by atoms with E-state index in [1.165, 1.54) is 37.3 Å². The summed E-state index contributed by atoms with van der Waals surface area (Å²) in [5.41, 5.74) is 1.85. The van der Waals surface area contributed by atoms with Crippen LogP contribution in [0.1, 0.15) is 37.8 Å². The Kier molecular flexibility index (Phi) is 11.8. The van der Waals surface area contributed by atoms with Gasteiger partial charge in [-0.25, -0.2) is 8.42 Å². The third-order valence-electron chi connectivity index (χ3n) is 7.05. The molecule has 11 heteroatoms. The van der Waals surface area contributed by atoms with Crippen LogP contribution in [0.4, 0.5) is 5.69 Å². The Bertz CT molecular complexity index is 1480. The standard InChI is InChI=1S/C32H41N3O7S/c1-7-8-19-33-32(37)24(3)34(21-25-11-14-27(40-4)15-12-25)31(36)22-35(26-13-18-29(41-5)30(20-26)42-6)43(38,39)28-16-9-23(2)10-17-28/h9-18,20,24H,7-8,19,21-22H2,1-6H3,(H,33,37)/t24-/m0/s1. The van der Waals surface area contributed by atoms with Gasteiger partial charge < -0.3 is 24.4 Å². The maximum absolute atomic E-state index is 14.1. The van der Waals surface area contributed by atoms with Crippen LogP contribution < -0.4 is 23.8 Å². The van der Waals surface area contributed by atoms with Crippen LogP contribution in [0.3, 0.4) is 0 Å². The van der Waals surface area contributed by atoms with E-state index in [0.717, 1.165) is 28.3 Å². The molecule has 2 amide bonds. The molecule has 0 saturated carbocycles. The van der Waals surface area contributed by atoms with Crippen molar-refractivity contribution in [1.29, 1.82) is 0 Å². The quantitative estimate of drug-likeness (QED) is 0.251. The van der Waals surface area contributed by atoms with Crippen molar-refractivity contribution >= 4 is 27.5 Å². The molecule has 0 fully saturated rings. The number of aryl methyl sites for hydroxylation is 1. The smallest absolute Gasteiger partial charge is 0.264 e. The van der Waals surface area contributed by atoms with Crippen molar-refractivity contribution < 1.29 is 32.2 Å². The first kappa shape index (κ1) is 33.3. The third kappa shape index (κ3) is 8.41. The zero-order valence-corrected chi connectivity index (χ0v) is 26.4. The van der Waals surface area contributed by atoms with Crippen LogP contribution in [0.15, 0.2) is 71.6 Å². The highest BCUT2D eigenvalue weighted by atomic mass is 32.2. The second kappa shape index (κ2) is 15.3.